The standard InChI is InChI=1S/C20H23N3O3S/c1-23(14-5-7-15(26-2)8-6-14)18(24)11-17-19(25)22-20(27-17)21-16-10-12-3-4-13(16)9-12/h3-8,12-13,16-17H,9-11H2,1-2H3,(H,21,22,25). The van der Waals surface area contributed by atoms with Crippen molar-refractivity contribution in [1.29, 1.82) is 0 Å². The lowest BCUT2D eigenvalue weighted by Crippen LogP contribution is -2.32. The largest absolute Gasteiger partial charge is 0.497 e. The van der Waals surface area contributed by atoms with E-state index in [-0.39, 0.29) is 24.3 Å². The number of carbonyl (C=O) groups is 2. The minimum Gasteiger partial charge on any atom is -0.497 e. The van der Waals surface area contributed by atoms with Crippen LogP contribution in [0.25, 0.3) is 0 Å². The number of fused-ring (bicyclic) bond motifs is 2. The molecule has 1 aliphatic heterocycles. The summed E-state index contributed by atoms with van der Waals surface area (Å²) in [6.07, 6.45) is 6.90. The highest BCUT2D eigenvalue weighted by molar-refractivity contribution is 8.15. The molecule has 1 saturated heterocycles. The van der Waals surface area contributed by atoms with Crippen molar-refractivity contribution < 1.29 is 14.3 Å². The molecule has 2 fully saturated rings. The first-order valence-electron chi connectivity index (χ1n) is 9.17. The molecule has 1 aromatic carbocycles. The summed E-state index contributed by atoms with van der Waals surface area (Å²) in [4.78, 5) is 31.2. The van der Waals surface area contributed by atoms with Crippen molar-refractivity contribution in [2.45, 2.75) is 30.6 Å². The lowest BCUT2D eigenvalue weighted by atomic mass is 10.0. The van der Waals surface area contributed by atoms with Crippen molar-refractivity contribution in [3.63, 3.8) is 0 Å². The second-order valence-electron chi connectivity index (χ2n) is 7.23. The predicted octanol–water partition coefficient (Wildman–Crippen LogP) is 2.60. The topological polar surface area (TPSA) is 71.0 Å². The highest BCUT2D eigenvalue weighted by atomic mass is 32.2. The number of ether oxygens (including phenoxy) is 1. The first-order chi connectivity index (χ1) is 13.0. The lowest BCUT2D eigenvalue weighted by Gasteiger charge is -2.18. The van der Waals surface area contributed by atoms with E-state index in [0.717, 1.165) is 17.9 Å². The smallest absolute Gasteiger partial charge is 0.240 e. The van der Waals surface area contributed by atoms with E-state index in [4.69, 9.17) is 9.73 Å². The molecule has 3 aliphatic rings. The highest BCUT2D eigenvalue weighted by Crippen LogP contribution is 2.41. The summed E-state index contributed by atoms with van der Waals surface area (Å²) >= 11 is 1.38. The molecule has 0 aromatic heterocycles. The maximum absolute atomic E-state index is 12.6. The number of amides is 2. The molecule has 2 amide bonds. The Balaban J connectivity index is 1.36. The van der Waals surface area contributed by atoms with Crippen LogP contribution in [-0.2, 0) is 9.59 Å². The van der Waals surface area contributed by atoms with E-state index in [1.165, 1.54) is 18.2 Å². The van der Waals surface area contributed by atoms with Gasteiger partial charge in [0.05, 0.1) is 13.2 Å². The number of anilines is 1. The molecular weight excluding hydrogens is 362 g/mol. The van der Waals surface area contributed by atoms with Crippen LogP contribution < -0.4 is 15.0 Å². The summed E-state index contributed by atoms with van der Waals surface area (Å²) in [5.41, 5.74) is 0.770. The van der Waals surface area contributed by atoms with Crippen LogP contribution in [0.1, 0.15) is 19.3 Å². The Morgan fingerprint density at radius 1 is 1.30 bits per heavy atom. The van der Waals surface area contributed by atoms with Gasteiger partial charge in [0.2, 0.25) is 11.8 Å². The van der Waals surface area contributed by atoms with Crippen LogP contribution in [0.3, 0.4) is 0 Å². The van der Waals surface area contributed by atoms with Crippen molar-refractivity contribution in [2.24, 2.45) is 16.8 Å². The third-order valence-electron chi connectivity index (χ3n) is 5.50. The number of thioether (sulfide) groups is 1. The fourth-order valence-electron chi connectivity index (χ4n) is 3.90. The number of nitrogens with zero attached hydrogens (tertiary/aromatic N) is 2. The summed E-state index contributed by atoms with van der Waals surface area (Å²) in [6.45, 7) is 0. The number of allylic oxidation sites excluding steroid dienone is 1. The van der Waals surface area contributed by atoms with Crippen LogP contribution in [0.4, 0.5) is 5.69 Å². The molecule has 2 bridgehead atoms. The fourth-order valence-corrected chi connectivity index (χ4v) is 4.91. The van der Waals surface area contributed by atoms with Gasteiger partial charge in [0.1, 0.15) is 11.0 Å². The fraction of sp³-hybridized carbons (Fsp3) is 0.450. The molecule has 6 nitrogen and oxygen atoms in total. The van der Waals surface area contributed by atoms with Crippen LogP contribution in [0.2, 0.25) is 0 Å². The number of hydrogen-bond donors (Lipinski definition) is 1. The Morgan fingerprint density at radius 2 is 2.07 bits per heavy atom. The molecule has 1 heterocycles. The first-order valence-corrected chi connectivity index (χ1v) is 10.1. The second-order valence-corrected chi connectivity index (χ2v) is 8.42. The van der Waals surface area contributed by atoms with E-state index in [1.54, 1.807) is 19.1 Å². The number of hydrogen-bond acceptors (Lipinski definition) is 5. The zero-order valence-corrected chi connectivity index (χ0v) is 16.2. The van der Waals surface area contributed by atoms with E-state index in [9.17, 15) is 9.59 Å². The van der Waals surface area contributed by atoms with Gasteiger partial charge in [0.25, 0.3) is 0 Å². The minimum absolute atomic E-state index is 0.100. The van der Waals surface area contributed by atoms with E-state index >= 15 is 0 Å². The Labute approximate surface area is 163 Å². The van der Waals surface area contributed by atoms with Gasteiger partial charge in [-0.1, -0.05) is 23.9 Å². The molecule has 4 rings (SSSR count). The average Bonchev–Trinajstić information content (AvgIpc) is 3.38. The van der Waals surface area contributed by atoms with Gasteiger partial charge in [0, 0.05) is 19.2 Å². The van der Waals surface area contributed by atoms with E-state index in [2.05, 4.69) is 17.5 Å². The normalized spacial score (nSPS) is 30.0. The van der Waals surface area contributed by atoms with Gasteiger partial charge in [-0.2, -0.15) is 0 Å². The summed E-state index contributed by atoms with van der Waals surface area (Å²) in [7, 11) is 3.32. The van der Waals surface area contributed by atoms with Gasteiger partial charge in [-0.15, -0.1) is 0 Å². The van der Waals surface area contributed by atoms with E-state index in [0.29, 0.717) is 17.0 Å². The molecule has 4 unspecified atom stereocenters. The summed E-state index contributed by atoms with van der Waals surface area (Å²) < 4.78 is 5.14. The third kappa shape index (κ3) is 3.74. The number of carbonyl (C=O) groups excluding carboxylic acids is 2. The van der Waals surface area contributed by atoms with Crippen LogP contribution in [-0.4, -0.2) is 42.4 Å². The molecular formula is C20H23N3O3S. The van der Waals surface area contributed by atoms with Gasteiger partial charge in [0.15, 0.2) is 5.17 Å². The molecule has 2 aliphatic carbocycles. The lowest BCUT2D eigenvalue weighted by molar-refractivity contribution is -0.123. The molecule has 27 heavy (non-hydrogen) atoms. The van der Waals surface area contributed by atoms with Crippen molar-refractivity contribution >= 4 is 34.4 Å². The van der Waals surface area contributed by atoms with Crippen LogP contribution in [0.5, 0.6) is 5.75 Å². The van der Waals surface area contributed by atoms with Crippen molar-refractivity contribution in [2.75, 3.05) is 19.1 Å². The molecule has 1 saturated carbocycles. The second kappa shape index (κ2) is 7.38. The van der Waals surface area contributed by atoms with Crippen LogP contribution >= 0.6 is 11.8 Å². The molecule has 7 heteroatoms. The summed E-state index contributed by atoms with van der Waals surface area (Å²) in [6, 6.07) is 7.54. The minimum atomic E-state index is -0.425. The van der Waals surface area contributed by atoms with Gasteiger partial charge < -0.3 is 15.0 Å². The molecule has 0 radical (unpaired) electrons. The number of aliphatic imine (C=N–C) groups is 1. The van der Waals surface area contributed by atoms with Gasteiger partial charge >= 0.3 is 0 Å². The molecule has 1 aromatic rings. The summed E-state index contributed by atoms with van der Waals surface area (Å²) in [5.74, 6) is 1.65. The zero-order valence-electron chi connectivity index (χ0n) is 15.4. The van der Waals surface area contributed by atoms with E-state index < -0.39 is 5.25 Å². The Hall–Kier alpha value is -2.28. The Bertz CT molecular complexity index is 805. The number of methoxy groups -OCH3 is 1. The maximum atomic E-state index is 12.6. The highest BCUT2D eigenvalue weighted by Gasteiger charge is 2.38. The first kappa shape index (κ1) is 18.1. The SMILES string of the molecule is COc1ccc(N(C)C(=O)CC2SC(=NC3CC4C=CC3C4)NC2=O)cc1. The quantitative estimate of drug-likeness (QED) is 0.791. The van der Waals surface area contributed by atoms with Crippen molar-refractivity contribution in [1.82, 2.24) is 5.32 Å². The predicted molar refractivity (Wildman–Crippen MR) is 107 cm³/mol. The molecule has 0 spiro atoms. The molecule has 1 N–H and O–H groups in total. The summed E-state index contributed by atoms with van der Waals surface area (Å²) in [5, 5.41) is 3.09. The van der Waals surface area contributed by atoms with Crippen LogP contribution in [0, 0.1) is 11.8 Å². The van der Waals surface area contributed by atoms with Crippen LogP contribution in [0.15, 0.2) is 41.4 Å². The van der Waals surface area contributed by atoms with E-state index in [1.807, 2.05) is 24.3 Å². The third-order valence-corrected chi connectivity index (χ3v) is 6.59. The Morgan fingerprint density at radius 3 is 2.70 bits per heavy atom. The monoisotopic (exact) mass is 385 g/mol. The van der Waals surface area contributed by atoms with Crippen molar-refractivity contribution in [3.8, 4) is 5.75 Å². The maximum Gasteiger partial charge on any atom is 0.240 e. The number of rotatable bonds is 5. The van der Waals surface area contributed by atoms with Crippen molar-refractivity contribution in [3.05, 3.63) is 36.4 Å². The average molecular weight is 385 g/mol. The number of nitrogens with one attached hydrogen (secondary N) is 1. The molecule has 142 valence electrons. The van der Waals surface area contributed by atoms with Gasteiger partial charge in [-0.05, 0) is 48.9 Å². The zero-order chi connectivity index (χ0) is 19.0. The number of benzene rings is 1. The number of amidine groups is 1. The van der Waals surface area contributed by atoms with Gasteiger partial charge in [-0.3, -0.25) is 14.6 Å². The Kier molecular flexibility index (Phi) is 4.95. The molecule has 4 atom stereocenters. The van der Waals surface area contributed by atoms with Gasteiger partial charge in [-0.25, -0.2) is 0 Å².